The van der Waals surface area contributed by atoms with Crippen molar-refractivity contribution in [3.05, 3.63) is 27.8 Å². The molecule has 0 saturated carbocycles. The van der Waals surface area contributed by atoms with E-state index in [1.165, 1.54) is 6.92 Å². The summed E-state index contributed by atoms with van der Waals surface area (Å²) >= 11 is 5.46. The Morgan fingerprint density at radius 2 is 2.00 bits per heavy atom. The molecular formula is C9H7ClF3NO2. The van der Waals surface area contributed by atoms with Gasteiger partial charge in [-0.1, -0.05) is 11.6 Å². The summed E-state index contributed by atoms with van der Waals surface area (Å²) in [6, 6.07) is 0.527. The number of alkyl halides is 3. The van der Waals surface area contributed by atoms with Crippen molar-refractivity contribution in [1.29, 1.82) is 0 Å². The van der Waals surface area contributed by atoms with Gasteiger partial charge in [-0.25, -0.2) is 4.79 Å². The molecule has 16 heavy (non-hydrogen) atoms. The van der Waals surface area contributed by atoms with Crippen LogP contribution in [-0.2, 0) is 6.18 Å². The Morgan fingerprint density at radius 1 is 1.50 bits per heavy atom. The molecule has 1 rings (SSSR count). The molecule has 0 fully saturated rings. The first-order valence-corrected chi connectivity index (χ1v) is 4.43. The average Bonchev–Trinajstić information content (AvgIpc) is 2.09. The van der Waals surface area contributed by atoms with E-state index in [1.807, 2.05) is 0 Å². The van der Waals surface area contributed by atoms with Crippen LogP contribution in [0, 0.1) is 6.92 Å². The first kappa shape index (κ1) is 12.6. The highest BCUT2D eigenvalue weighted by molar-refractivity contribution is 6.33. The Hall–Kier alpha value is -1.43. The van der Waals surface area contributed by atoms with Crippen molar-refractivity contribution in [2.45, 2.75) is 13.1 Å². The molecule has 3 nitrogen and oxygen atoms in total. The van der Waals surface area contributed by atoms with Crippen LogP contribution >= 0.6 is 11.6 Å². The van der Waals surface area contributed by atoms with Crippen molar-refractivity contribution in [1.82, 2.24) is 0 Å². The standard InChI is InChI=1S/C9H7ClF3NO2/c1-3-6(8(15)16)5(14)2-4(7(3)10)9(11,12)13/h2H,14H2,1H3,(H,15,16). The van der Waals surface area contributed by atoms with Gasteiger partial charge in [0.15, 0.2) is 0 Å². The molecule has 0 bridgehead atoms. The third-order valence-electron chi connectivity index (χ3n) is 2.05. The van der Waals surface area contributed by atoms with Crippen LogP contribution in [0.1, 0.15) is 21.5 Å². The van der Waals surface area contributed by atoms with Gasteiger partial charge < -0.3 is 10.8 Å². The highest BCUT2D eigenvalue weighted by Gasteiger charge is 2.35. The van der Waals surface area contributed by atoms with Crippen molar-refractivity contribution >= 4 is 23.3 Å². The SMILES string of the molecule is Cc1c(Cl)c(C(F)(F)F)cc(N)c1C(=O)O. The Bertz CT molecular complexity index is 457. The molecule has 3 N–H and O–H groups in total. The van der Waals surface area contributed by atoms with Gasteiger partial charge >= 0.3 is 12.1 Å². The van der Waals surface area contributed by atoms with Gasteiger partial charge in [0, 0.05) is 5.69 Å². The average molecular weight is 254 g/mol. The third kappa shape index (κ3) is 2.06. The predicted octanol–water partition coefficient (Wildman–Crippen LogP) is 2.95. The van der Waals surface area contributed by atoms with Crippen LogP contribution in [0.5, 0.6) is 0 Å². The molecule has 0 amide bonds. The number of aromatic carboxylic acids is 1. The molecule has 0 atom stereocenters. The number of nitrogens with two attached hydrogens (primary N) is 1. The van der Waals surface area contributed by atoms with Crippen LogP contribution < -0.4 is 5.73 Å². The fourth-order valence-electron chi connectivity index (χ4n) is 1.31. The summed E-state index contributed by atoms with van der Waals surface area (Å²) in [6.45, 7) is 1.18. The van der Waals surface area contributed by atoms with E-state index < -0.39 is 34.0 Å². The van der Waals surface area contributed by atoms with Crippen molar-refractivity contribution in [2.24, 2.45) is 0 Å². The molecule has 0 unspecified atom stereocenters. The summed E-state index contributed by atoms with van der Waals surface area (Å²) in [5, 5.41) is 8.11. The number of anilines is 1. The number of benzene rings is 1. The van der Waals surface area contributed by atoms with E-state index in [9.17, 15) is 18.0 Å². The van der Waals surface area contributed by atoms with Gasteiger partial charge in [0.05, 0.1) is 16.1 Å². The molecule has 0 radical (unpaired) electrons. The van der Waals surface area contributed by atoms with Gasteiger partial charge in [-0.3, -0.25) is 0 Å². The summed E-state index contributed by atoms with van der Waals surface area (Å²) < 4.78 is 37.4. The predicted molar refractivity (Wildman–Crippen MR) is 52.6 cm³/mol. The van der Waals surface area contributed by atoms with Gasteiger partial charge in [-0.05, 0) is 18.6 Å². The highest BCUT2D eigenvalue weighted by Crippen LogP contribution is 2.39. The maximum atomic E-state index is 12.5. The fourth-order valence-corrected chi connectivity index (χ4v) is 1.57. The van der Waals surface area contributed by atoms with E-state index in [1.54, 1.807) is 0 Å². The molecular weight excluding hydrogens is 247 g/mol. The minimum Gasteiger partial charge on any atom is -0.478 e. The van der Waals surface area contributed by atoms with E-state index in [4.69, 9.17) is 22.4 Å². The lowest BCUT2D eigenvalue weighted by Crippen LogP contribution is -2.12. The number of carbonyl (C=O) groups is 1. The first-order chi connectivity index (χ1) is 7.16. The monoisotopic (exact) mass is 253 g/mol. The van der Waals surface area contributed by atoms with Crippen LogP contribution in [0.25, 0.3) is 0 Å². The maximum Gasteiger partial charge on any atom is 0.417 e. The van der Waals surface area contributed by atoms with Crippen LogP contribution in [-0.4, -0.2) is 11.1 Å². The lowest BCUT2D eigenvalue weighted by atomic mass is 10.0. The van der Waals surface area contributed by atoms with Crippen molar-refractivity contribution < 1.29 is 23.1 Å². The number of halogens is 4. The first-order valence-electron chi connectivity index (χ1n) is 4.05. The van der Waals surface area contributed by atoms with Gasteiger partial charge in [0.2, 0.25) is 0 Å². The quantitative estimate of drug-likeness (QED) is 0.757. The fraction of sp³-hybridized carbons (Fsp3) is 0.222. The molecule has 7 heteroatoms. The molecule has 1 aromatic carbocycles. The van der Waals surface area contributed by atoms with E-state index in [2.05, 4.69) is 0 Å². The van der Waals surface area contributed by atoms with Crippen LogP contribution in [0.4, 0.5) is 18.9 Å². The number of hydrogen-bond donors (Lipinski definition) is 2. The minimum absolute atomic E-state index is 0.193. The van der Waals surface area contributed by atoms with Gasteiger partial charge in [-0.15, -0.1) is 0 Å². The molecule has 0 heterocycles. The second-order valence-electron chi connectivity index (χ2n) is 3.13. The summed E-state index contributed by atoms with van der Waals surface area (Å²) in [5.74, 6) is -1.41. The smallest absolute Gasteiger partial charge is 0.417 e. The third-order valence-corrected chi connectivity index (χ3v) is 2.54. The van der Waals surface area contributed by atoms with Gasteiger partial charge in [0.25, 0.3) is 0 Å². The molecule has 0 aromatic heterocycles. The van der Waals surface area contributed by atoms with E-state index in [-0.39, 0.29) is 5.56 Å². The minimum atomic E-state index is -4.66. The molecule has 0 aliphatic carbocycles. The number of carboxylic acids is 1. The molecule has 88 valence electrons. The number of nitrogen functional groups attached to an aromatic ring is 1. The summed E-state index contributed by atoms with van der Waals surface area (Å²) in [5.41, 5.74) is 3.06. The molecule has 0 aliphatic heterocycles. The van der Waals surface area contributed by atoms with Gasteiger partial charge in [0.1, 0.15) is 0 Å². The zero-order valence-electron chi connectivity index (χ0n) is 8.02. The van der Waals surface area contributed by atoms with Crippen LogP contribution in [0.3, 0.4) is 0 Å². The van der Waals surface area contributed by atoms with E-state index in [0.29, 0.717) is 6.07 Å². The summed E-state index contributed by atoms with van der Waals surface area (Å²) in [7, 11) is 0. The van der Waals surface area contributed by atoms with Crippen LogP contribution in [0.15, 0.2) is 6.07 Å². The van der Waals surface area contributed by atoms with Gasteiger partial charge in [-0.2, -0.15) is 13.2 Å². The molecule has 1 aromatic rings. The lowest BCUT2D eigenvalue weighted by Gasteiger charge is -2.14. The lowest BCUT2D eigenvalue weighted by molar-refractivity contribution is -0.137. The topological polar surface area (TPSA) is 63.3 Å². The van der Waals surface area contributed by atoms with Crippen LogP contribution in [0.2, 0.25) is 5.02 Å². The zero-order chi connectivity index (χ0) is 12.7. The number of carboxylic acid groups (broad SMARTS) is 1. The van der Waals surface area contributed by atoms with Crippen molar-refractivity contribution in [3.8, 4) is 0 Å². The Kier molecular flexibility index (Phi) is 3.05. The summed E-state index contributed by atoms with van der Waals surface area (Å²) in [4.78, 5) is 10.7. The van der Waals surface area contributed by atoms with E-state index >= 15 is 0 Å². The Morgan fingerprint density at radius 3 is 2.38 bits per heavy atom. The zero-order valence-corrected chi connectivity index (χ0v) is 8.78. The Labute approximate surface area is 93.6 Å². The number of rotatable bonds is 1. The van der Waals surface area contributed by atoms with Crippen molar-refractivity contribution in [2.75, 3.05) is 5.73 Å². The highest BCUT2D eigenvalue weighted by atomic mass is 35.5. The largest absolute Gasteiger partial charge is 0.478 e. The normalized spacial score (nSPS) is 11.6. The number of hydrogen-bond acceptors (Lipinski definition) is 2. The van der Waals surface area contributed by atoms with Crippen molar-refractivity contribution in [3.63, 3.8) is 0 Å². The molecule has 0 saturated heterocycles. The maximum absolute atomic E-state index is 12.5. The second kappa shape index (κ2) is 3.86. The Balaban J connectivity index is 3.58. The summed E-state index contributed by atoms with van der Waals surface area (Å²) in [6.07, 6.45) is -4.66. The van der Waals surface area contributed by atoms with E-state index in [0.717, 1.165) is 0 Å². The molecule has 0 spiro atoms. The molecule has 0 aliphatic rings. The second-order valence-corrected chi connectivity index (χ2v) is 3.51.